The van der Waals surface area contributed by atoms with Gasteiger partial charge in [0.25, 0.3) is 0 Å². The van der Waals surface area contributed by atoms with Crippen LogP contribution in [0.4, 0.5) is 15.2 Å². The SMILES string of the molecule is CN(C)CCCN(C(=O)C1CC(=O)N(c2ccc(F)cc2)C1)c1nc2ccc(Br)cc2s1. The van der Waals surface area contributed by atoms with Crippen molar-refractivity contribution in [2.45, 2.75) is 12.8 Å². The number of aromatic nitrogens is 1. The Morgan fingerprint density at radius 1 is 1.22 bits per heavy atom. The maximum atomic E-state index is 13.6. The van der Waals surface area contributed by atoms with Crippen molar-refractivity contribution in [3.05, 3.63) is 52.8 Å². The molecular weight excluding hydrogens is 495 g/mol. The second kappa shape index (κ2) is 9.64. The standard InChI is InChI=1S/C23H24BrFN4O2S/c1-27(2)10-3-11-28(23-26-19-9-4-16(24)13-20(19)32-23)22(31)15-12-21(30)29(14-15)18-7-5-17(25)6-8-18/h4-9,13,15H,3,10-12,14H2,1-2H3. The maximum absolute atomic E-state index is 13.6. The number of nitrogens with zero attached hydrogens (tertiary/aromatic N) is 4. The van der Waals surface area contributed by atoms with Crippen molar-refractivity contribution < 1.29 is 14.0 Å². The van der Waals surface area contributed by atoms with E-state index in [1.165, 1.54) is 23.5 Å². The highest BCUT2D eigenvalue weighted by molar-refractivity contribution is 9.10. The molecule has 0 spiro atoms. The van der Waals surface area contributed by atoms with Crippen molar-refractivity contribution in [1.82, 2.24) is 9.88 Å². The average Bonchev–Trinajstić information content (AvgIpc) is 3.34. The first-order chi connectivity index (χ1) is 15.3. The van der Waals surface area contributed by atoms with Crippen molar-refractivity contribution in [1.29, 1.82) is 0 Å². The van der Waals surface area contributed by atoms with Gasteiger partial charge in [0.2, 0.25) is 11.8 Å². The second-order valence-corrected chi connectivity index (χ2v) is 10.1. The van der Waals surface area contributed by atoms with Crippen molar-refractivity contribution in [2.24, 2.45) is 5.92 Å². The Bertz CT molecular complexity index is 1130. The Hall–Kier alpha value is -2.36. The number of anilines is 2. The molecule has 9 heteroatoms. The average molecular weight is 519 g/mol. The van der Waals surface area contributed by atoms with Crippen LogP contribution in [0.2, 0.25) is 0 Å². The van der Waals surface area contributed by atoms with Gasteiger partial charge in [0, 0.05) is 29.7 Å². The smallest absolute Gasteiger partial charge is 0.234 e. The van der Waals surface area contributed by atoms with Gasteiger partial charge in [-0.1, -0.05) is 27.3 Å². The molecule has 1 atom stereocenters. The molecule has 32 heavy (non-hydrogen) atoms. The van der Waals surface area contributed by atoms with Gasteiger partial charge in [-0.25, -0.2) is 9.37 Å². The van der Waals surface area contributed by atoms with Gasteiger partial charge < -0.3 is 9.80 Å². The first kappa shape index (κ1) is 22.8. The number of halogens is 2. The summed E-state index contributed by atoms with van der Waals surface area (Å²) in [6.45, 7) is 1.65. The summed E-state index contributed by atoms with van der Waals surface area (Å²) in [5.74, 6) is -1.05. The summed E-state index contributed by atoms with van der Waals surface area (Å²) in [6, 6.07) is 11.6. The summed E-state index contributed by atoms with van der Waals surface area (Å²) < 4.78 is 15.2. The number of hydrogen-bond donors (Lipinski definition) is 0. The van der Waals surface area contributed by atoms with Crippen LogP contribution in [0.15, 0.2) is 46.9 Å². The normalized spacial score (nSPS) is 16.3. The van der Waals surface area contributed by atoms with Crippen LogP contribution in [-0.4, -0.2) is 55.4 Å². The molecule has 2 heterocycles. The molecule has 168 valence electrons. The van der Waals surface area contributed by atoms with E-state index in [0.717, 1.165) is 27.7 Å². The van der Waals surface area contributed by atoms with E-state index in [2.05, 4.69) is 20.8 Å². The predicted molar refractivity (Wildman–Crippen MR) is 130 cm³/mol. The van der Waals surface area contributed by atoms with Crippen LogP contribution in [0.1, 0.15) is 12.8 Å². The molecule has 2 aromatic carbocycles. The number of hydrogen-bond acceptors (Lipinski definition) is 5. The lowest BCUT2D eigenvalue weighted by molar-refractivity contribution is -0.124. The molecule has 2 amide bonds. The number of carbonyl (C=O) groups excluding carboxylic acids is 2. The summed E-state index contributed by atoms with van der Waals surface area (Å²) in [7, 11) is 4.00. The molecule has 0 N–H and O–H groups in total. The van der Waals surface area contributed by atoms with Crippen LogP contribution >= 0.6 is 27.3 Å². The van der Waals surface area contributed by atoms with Crippen LogP contribution in [0.25, 0.3) is 10.2 Å². The van der Waals surface area contributed by atoms with Gasteiger partial charge in [-0.2, -0.15) is 0 Å². The van der Waals surface area contributed by atoms with Crippen LogP contribution in [0.5, 0.6) is 0 Å². The molecular formula is C23H24BrFN4O2S. The number of rotatable bonds is 7. The molecule has 1 fully saturated rings. The zero-order chi connectivity index (χ0) is 22.8. The Morgan fingerprint density at radius 3 is 2.69 bits per heavy atom. The topological polar surface area (TPSA) is 56.8 Å². The van der Waals surface area contributed by atoms with E-state index < -0.39 is 5.92 Å². The summed E-state index contributed by atoms with van der Waals surface area (Å²) in [5.41, 5.74) is 1.45. The van der Waals surface area contributed by atoms with E-state index in [1.54, 1.807) is 21.9 Å². The van der Waals surface area contributed by atoms with E-state index in [0.29, 0.717) is 17.4 Å². The molecule has 0 aliphatic carbocycles. The number of benzene rings is 2. The number of carbonyl (C=O) groups is 2. The largest absolute Gasteiger partial charge is 0.312 e. The van der Waals surface area contributed by atoms with Crippen molar-refractivity contribution >= 4 is 60.1 Å². The van der Waals surface area contributed by atoms with Gasteiger partial charge in [-0.3, -0.25) is 14.5 Å². The van der Waals surface area contributed by atoms with E-state index in [-0.39, 0.29) is 30.6 Å². The molecule has 0 bridgehead atoms. The Balaban J connectivity index is 1.57. The van der Waals surface area contributed by atoms with Crippen LogP contribution in [0, 0.1) is 11.7 Å². The highest BCUT2D eigenvalue weighted by atomic mass is 79.9. The third-order valence-corrected chi connectivity index (χ3v) is 6.97. The maximum Gasteiger partial charge on any atom is 0.234 e. The van der Waals surface area contributed by atoms with Crippen molar-refractivity contribution in [2.75, 3.05) is 43.5 Å². The van der Waals surface area contributed by atoms with Crippen LogP contribution in [0.3, 0.4) is 0 Å². The van der Waals surface area contributed by atoms with Gasteiger partial charge in [0.05, 0.1) is 16.1 Å². The predicted octanol–water partition coefficient (Wildman–Crippen LogP) is 4.54. The Kier molecular flexibility index (Phi) is 6.88. The molecule has 4 rings (SSSR count). The minimum Gasteiger partial charge on any atom is -0.312 e. The Morgan fingerprint density at radius 2 is 1.97 bits per heavy atom. The zero-order valence-corrected chi connectivity index (χ0v) is 20.3. The molecule has 1 unspecified atom stereocenters. The van der Waals surface area contributed by atoms with E-state index in [4.69, 9.17) is 4.98 Å². The third-order valence-electron chi connectivity index (χ3n) is 5.44. The lowest BCUT2D eigenvalue weighted by Crippen LogP contribution is -2.39. The fourth-order valence-corrected chi connectivity index (χ4v) is 5.36. The third kappa shape index (κ3) is 5.00. The minimum atomic E-state index is -0.467. The fraction of sp³-hybridized carbons (Fsp3) is 0.348. The molecule has 1 aliphatic rings. The highest BCUT2D eigenvalue weighted by Gasteiger charge is 2.38. The number of amides is 2. The van der Waals surface area contributed by atoms with Crippen molar-refractivity contribution in [3.8, 4) is 0 Å². The lowest BCUT2D eigenvalue weighted by atomic mass is 10.1. The first-order valence-electron chi connectivity index (χ1n) is 10.4. The van der Waals surface area contributed by atoms with Gasteiger partial charge in [-0.05, 0) is 69.5 Å². The monoisotopic (exact) mass is 518 g/mol. The van der Waals surface area contributed by atoms with Gasteiger partial charge >= 0.3 is 0 Å². The lowest BCUT2D eigenvalue weighted by Gasteiger charge is -2.24. The van der Waals surface area contributed by atoms with E-state index in [1.807, 2.05) is 32.3 Å². The fourth-order valence-electron chi connectivity index (χ4n) is 3.81. The van der Waals surface area contributed by atoms with Gasteiger partial charge in [0.15, 0.2) is 5.13 Å². The number of fused-ring (bicyclic) bond motifs is 1. The summed E-state index contributed by atoms with van der Waals surface area (Å²) in [5, 5.41) is 0.648. The summed E-state index contributed by atoms with van der Waals surface area (Å²) in [6.07, 6.45) is 0.928. The Labute approximate surface area is 198 Å². The first-order valence-corrected chi connectivity index (χ1v) is 12.0. The zero-order valence-electron chi connectivity index (χ0n) is 17.9. The second-order valence-electron chi connectivity index (χ2n) is 8.14. The quantitative estimate of drug-likeness (QED) is 0.460. The van der Waals surface area contributed by atoms with Crippen LogP contribution < -0.4 is 9.80 Å². The van der Waals surface area contributed by atoms with Crippen LogP contribution in [-0.2, 0) is 9.59 Å². The number of thiazole rings is 1. The van der Waals surface area contributed by atoms with Crippen molar-refractivity contribution in [3.63, 3.8) is 0 Å². The molecule has 1 aromatic heterocycles. The van der Waals surface area contributed by atoms with Gasteiger partial charge in [-0.15, -0.1) is 0 Å². The molecule has 0 saturated carbocycles. The summed E-state index contributed by atoms with van der Waals surface area (Å²) in [4.78, 5) is 36.3. The minimum absolute atomic E-state index is 0.0974. The molecule has 1 aliphatic heterocycles. The molecule has 3 aromatic rings. The molecule has 0 radical (unpaired) electrons. The summed E-state index contributed by atoms with van der Waals surface area (Å²) >= 11 is 4.96. The highest BCUT2D eigenvalue weighted by Crippen LogP contribution is 2.33. The van der Waals surface area contributed by atoms with Gasteiger partial charge in [0.1, 0.15) is 5.82 Å². The molecule has 1 saturated heterocycles. The van der Waals surface area contributed by atoms with E-state index >= 15 is 0 Å². The van der Waals surface area contributed by atoms with E-state index in [9.17, 15) is 14.0 Å². The molecule has 6 nitrogen and oxygen atoms in total.